The predicted octanol–water partition coefficient (Wildman–Crippen LogP) is 3.07. The van der Waals surface area contributed by atoms with Crippen molar-refractivity contribution >= 4 is 6.09 Å². The summed E-state index contributed by atoms with van der Waals surface area (Å²) in [4.78, 5) is 15.4. The van der Waals surface area contributed by atoms with Gasteiger partial charge in [0.25, 0.3) is 0 Å². The van der Waals surface area contributed by atoms with Gasteiger partial charge in [0.05, 0.1) is 12.7 Å². The van der Waals surface area contributed by atoms with Crippen molar-refractivity contribution in [3.05, 3.63) is 54.4 Å². The van der Waals surface area contributed by atoms with Crippen LogP contribution in [0.4, 0.5) is 4.79 Å². The zero-order valence-electron chi connectivity index (χ0n) is 16.4. The number of hydrogen-bond donors (Lipinski definition) is 3. The second kappa shape index (κ2) is 9.66. The highest BCUT2D eigenvalue weighted by atomic mass is 16.5. The van der Waals surface area contributed by atoms with Crippen molar-refractivity contribution in [3.63, 3.8) is 0 Å². The molecule has 6 nitrogen and oxygen atoms in total. The zero-order valence-corrected chi connectivity index (χ0v) is 16.4. The van der Waals surface area contributed by atoms with Crippen molar-refractivity contribution in [3.8, 4) is 11.1 Å². The van der Waals surface area contributed by atoms with E-state index >= 15 is 0 Å². The number of nitrogens with zero attached hydrogens (tertiary/aromatic N) is 1. The molecule has 1 unspecified atom stereocenters. The molecule has 0 spiro atoms. The number of piperidine rings is 1. The second-order valence-electron chi connectivity index (χ2n) is 7.27. The quantitative estimate of drug-likeness (QED) is 0.640. The molecule has 0 bridgehead atoms. The number of aromatic nitrogens is 1. The molecule has 0 saturated carbocycles. The number of nitrogens with one attached hydrogen (secondary N) is 2. The summed E-state index contributed by atoms with van der Waals surface area (Å²) >= 11 is 0. The van der Waals surface area contributed by atoms with Crippen molar-refractivity contribution in [1.29, 1.82) is 0 Å². The number of carbonyl (C=O) groups excluding carboxylic acids is 1. The van der Waals surface area contributed by atoms with E-state index in [1.54, 1.807) is 12.4 Å². The van der Waals surface area contributed by atoms with Crippen molar-refractivity contribution in [2.24, 2.45) is 5.92 Å². The van der Waals surface area contributed by atoms with Gasteiger partial charge in [0.2, 0.25) is 0 Å². The minimum Gasteiger partial charge on any atom is -0.453 e. The summed E-state index contributed by atoms with van der Waals surface area (Å²) in [7, 11) is 1.35. The molecule has 1 aliphatic rings. The first-order chi connectivity index (χ1) is 13.6. The number of aliphatic hydroxyl groups is 1. The van der Waals surface area contributed by atoms with Gasteiger partial charge in [0, 0.05) is 31.4 Å². The third-order valence-corrected chi connectivity index (χ3v) is 5.55. The monoisotopic (exact) mass is 383 g/mol. The molecule has 2 aromatic rings. The molecule has 1 fully saturated rings. The number of carbonyl (C=O) groups is 1. The summed E-state index contributed by atoms with van der Waals surface area (Å²) in [5, 5.41) is 18.1. The summed E-state index contributed by atoms with van der Waals surface area (Å²) in [5.41, 5.74) is 2.03. The fourth-order valence-electron chi connectivity index (χ4n) is 4.08. The van der Waals surface area contributed by atoms with Crippen LogP contribution in [0.1, 0.15) is 31.2 Å². The minimum atomic E-state index is -0.981. The van der Waals surface area contributed by atoms with E-state index in [0.717, 1.165) is 42.6 Å². The molecule has 1 aromatic heterocycles. The SMILES string of the molecule is COC(=O)NCCCC(O)(c1ccccc1-c1ccncc1)[C@@H]1CCCNC1. The van der Waals surface area contributed by atoms with Crippen LogP contribution < -0.4 is 10.6 Å². The predicted molar refractivity (Wildman–Crippen MR) is 109 cm³/mol. The Balaban J connectivity index is 1.90. The molecule has 2 atom stereocenters. The highest BCUT2D eigenvalue weighted by Crippen LogP contribution is 2.42. The van der Waals surface area contributed by atoms with E-state index in [0.29, 0.717) is 19.4 Å². The third-order valence-electron chi connectivity index (χ3n) is 5.55. The highest BCUT2D eigenvalue weighted by molar-refractivity contribution is 5.68. The standard InChI is InChI=1S/C22H29N3O3/c1-28-21(26)25-13-5-11-22(27,18-6-4-12-24-16-18)20-8-3-2-7-19(20)17-9-14-23-15-10-17/h2-3,7-10,14-15,18,24,27H,4-6,11-13,16H2,1H3,(H,25,26)/t18-,22?/m1/s1. The van der Waals surface area contributed by atoms with E-state index in [1.807, 2.05) is 30.3 Å². The first kappa shape index (κ1) is 20.3. The van der Waals surface area contributed by atoms with E-state index < -0.39 is 11.7 Å². The van der Waals surface area contributed by atoms with Gasteiger partial charge in [0.15, 0.2) is 0 Å². The molecular weight excluding hydrogens is 354 g/mol. The van der Waals surface area contributed by atoms with E-state index in [1.165, 1.54) is 7.11 Å². The fraction of sp³-hybridized carbons (Fsp3) is 0.455. The minimum absolute atomic E-state index is 0.113. The van der Waals surface area contributed by atoms with Crippen molar-refractivity contribution in [2.45, 2.75) is 31.3 Å². The zero-order chi connectivity index (χ0) is 19.8. The lowest BCUT2D eigenvalue weighted by Gasteiger charge is -2.40. The summed E-state index contributed by atoms with van der Waals surface area (Å²) < 4.78 is 4.63. The second-order valence-corrected chi connectivity index (χ2v) is 7.27. The van der Waals surface area contributed by atoms with Crippen molar-refractivity contribution < 1.29 is 14.6 Å². The van der Waals surface area contributed by atoms with Gasteiger partial charge in [-0.2, -0.15) is 0 Å². The summed E-state index contributed by atoms with van der Waals surface area (Å²) in [6.07, 6.45) is 6.34. The van der Waals surface area contributed by atoms with Crippen LogP contribution in [0.25, 0.3) is 11.1 Å². The molecule has 28 heavy (non-hydrogen) atoms. The molecular formula is C22H29N3O3. The third kappa shape index (κ3) is 4.69. The molecule has 1 amide bonds. The molecule has 0 radical (unpaired) electrons. The summed E-state index contributed by atoms with van der Waals surface area (Å²) in [5.74, 6) is 0.113. The van der Waals surface area contributed by atoms with E-state index in [2.05, 4.69) is 26.4 Å². The average Bonchev–Trinajstić information content (AvgIpc) is 2.77. The number of hydrogen-bond acceptors (Lipinski definition) is 5. The lowest BCUT2D eigenvalue weighted by molar-refractivity contribution is -0.0415. The molecule has 2 heterocycles. The van der Waals surface area contributed by atoms with Gasteiger partial charge in [0.1, 0.15) is 0 Å². The first-order valence-corrected chi connectivity index (χ1v) is 9.90. The molecule has 1 saturated heterocycles. The smallest absolute Gasteiger partial charge is 0.406 e. The van der Waals surface area contributed by atoms with Gasteiger partial charge in [-0.25, -0.2) is 4.79 Å². The van der Waals surface area contributed by atoms with Crippen LogP contribution in [-0.4, -0.2) is 42.9 Å². The van der Waals surface area contributed by atoms with Crippen LogP contribution >= 0.6 is 0 Å². The highest BCUT2D eigenvalue weighted by Gasteiger charge is 2.40. The molecule has 6 heteroatoms. The lowest BCUT2D eigenvalue weighted by atomic mass is 9.72. The van der Waals surface area contributed by atoms with Crippen LogP contribution in [0, 0.1) is 5.92 Å². The normalized spacial score (nSPS) is 18.9. The maximum absolute atomic E-state index is 12.0. The molecule has 3 N–H and O–H groups in total. The van der Waals surface area contributed by atoms with Gasteiger partial charge in [-0.05, 0) is 61.1 Å². The Morgan fingerprint density at radius 1 is 1.32 bits per heavy atom. The molecule has 3 rings (SSSR count). The maximum atomic E-state index is 12.0. The molecule has 0 aliphatic carbocycles. The van der Waals surface area contributed by atoms with Gasteiger partial charge < -0.3 is 20.5 Å². The Bertz CT molecular complexity index is 763. The lowest BCUT2D eigenvalue weighted by Crippen LogP contribution is -2.45. The van der Waals surface area contributed by atoms with Crippen LogP contribution in [0.2, 0.25) is 0 Å². The Hall–Kier alpha value is -2.44. The van der Waals surface area contributed by atoms with Gasteiger partial charge in [-0.15, -0.1) is 0 Å². The number of benzene rings is 1. The molecule has 150 valence electrons. The Labute approximate surface area is 166 Å². The first-order valence-electron chi connectivity index (χ1n) is 9.90. The summed E-state index contributed by atoms with van der Waals surface area (Å²) in [6.45, 7) is 2.24. The Morgan fingerprint density at radius 2 is 2.11 bits per heavy atom. The number of alkyl carbamates (subject to hydrolysis) is 1. The Kier molecular flexibility index (Phi) is 7.01. The largest absolute Gasteiger partial charge is 0.453 e. The van der Waals surface area contributed by atoms with Gasteiger partial charge in [-0.1, -0.05) is 24.3 Å². The number of amides is 1. The van der Waals surface area contributed by atoms with Crippen LogP contribution in [0.5, 0.6) is 0 Å². The number of methoxy groups -OCH3 is 1. The number of ether oxygens (including phenoxy) is 1. The van der Waals surface area contributed by atoms with E-state index in [9.17, 15) is 9.90 Å². The van der Waals surface area contributed by atoms with E-state index in [-0.39, 0.29) is 5.92 Å². The van der Waals surface area contributed by atoms with Gasteiger partial charge >= 0.3 is 6.09 Å². The van der Waals surface area contributed by atoms with Crippen molar-refractivity contribution in [1.82, 2.24) is 15.6 Å². The molecule has 1 aromatic carbocycles. The number of rotatable bonds is 7. The van der Waals surface area contributed by atoms with Crippen LogP contribution in [0.15, 0.2) is 48.8 Å². The van der Waals surface area contributed by atoms with Crippen LogP contribution in [0.3, 0.4) is 0 Å². The number of pyridine rings is 1. The molecule has 1 aliphatic heterocycles. The van der Waals surface area contributed by atoms with Gasteiger partial charge in [-0.3, -0.25) is 4.98 Å². The summed E-state index contributed by atoms with van der Waals surface area (Å²) in [6, 6.07) is 12.0. The maximum Gasteiger partial charge on any atom is 0.406 e. The van der Waals surface area contributed by atoms with Crippen molar-refractivity contribution in [2.75, 3.05) is 26.7 Å². The fourth-order valence-corrected chi connectivity index (χ4v) is 4.08. The average molecular weight is 383 g/mol. The van der Waals surface area contributed by atoms with Crippen LogP contribution in [-0.2, 0) is 10.3 Å². The Morgan fingerprint density at radius 3 is 2.82 bits per heavy atom. The van der Waals surface area contributed by atoms with E-state index in [4.69, 9.17) is 0 Å². The topological polar surface area (TPSA) is 83.5 Å².